The Morgan fingerprint density at radius 1 is 1.25 bits per heavy atom. The van der Waals surface area contributed by atoms with Crippen molar-refractivity contribution in [1.82, 2.24) is 25.8 Å². The average Bonchev–Trinajstić information content (AvgIpc) is 3.08. The molecule has 0 saturated carbocycles. The maximum absolute atomic E-state index is 14.0. The zero-order valence-corrected chi connectivity index (χ0v) is 16.0. The molecule has 0 unspecified atom stereocenters. The summed E-state index contributed by atoms with van der Waals surface area (Å²) in [5, 5.41) is 1.15. The van der Waals surface area contributed by atoms with E-state index in [2.05, 4.69) is 20.9 Å². The van der Waals surface area contributed by atoms with Crippen LogP contribution in [0, 0.1) is 11.6 Å². The maximum Gasteiger partial charge on any atom is 0.256 e. The van der Waals surface area contributed by atoms with Gasteiger partial charge < -0.3 is 10.3 Å². The zero-order chi connectivity index (χ0) is 20.0. The summed E-state index contributed by atoms with van der Waals surface area (Å²) in [5.41, 5.74) is 7.48. The predicted octanol–water partition coefficient (Wildman–Crippen LogP) is 3.04. The molecule has 7 nitrogen and oxygen atoms in total. The highest BCUT2D eigenvalue weighted by atomic mass is 35.5. The monoisotopic (exact) mass is 426 g/mol. The second kappa shape index (κ2) is 7.16. The molecule has 2 aliphatic heterocycles. The molecular weight excluding hydrogens is 413 g/mol. The summed E-state index contributed by atoms with van der Waals surface area (Å²) >= 11 is 11.7. The molecule has 1 amide bonds. The SMILES string of the molecule is C[C@H]1CC2=C(CN1C(=O)c1ccc(Cl)c(F)c1Cl)NNN2c1ncc(F)cn1. The van der Waals surface area contributed by atoms with Crippen LogP contribution in [0.2, 0.25) is 10.0 Å². The summed E-state index contributed by atoms with van der Waals surface area (Å²) < 4.78 is 27.1. The first-order valence-corrected chi connectivity index (χ1v) is 9.08. The summed E-state index contributed by atoms with van der Waals surface area (Å²) in [4.78, 5) is 22.5. The van der Waals surface area contributed by atoms with E-state index in [1.54, 1.807) is 9.91 Å². The lowest BCUT2D eigenvalue weighted by atomic mass is 10.0. The Balaban J connectivity index is 1.60. The molecule has 0 fully saturated rings. The van der Waals surface area contributed by atoms with Crippen molar-refractivity contribution in [2.75, 3.05) is 11.6 Å². The highest BCUT2D eigenvalue weighted by molar-refractivity contribution is 6.37. The topological polar surface area (TPSA) is 73.4 Å². The molecule has 11 heteroatoms. The van der Waals surface area contributed by atoms with Crippen LogP contribution in [0.5, 0.6) is 0 Å². The van der Waals surface area contributed by atoms with Gasteiger partial charge in [0, 0.05) is 12.5 Å². The minimum atomic E-state index is -0.820. The van der Waals surface area contributed by atoms with Crippen LogP contribution in [0.25, 0.3) is 0 Å². The highest BCUT2D eigenvalue weighted by Crippen LogP contribution is 2.32. The number of halogens is 4. The molecule has 28 heavy (non-hydrogen) atoms. The van der Waals surface area contributed by atoms with Gasteiger partial charge in [0.1, 0.15) is 0 Å². The summed E-state index contributed by atoms with van der Waals surface area (Å²) in [5.74, 6) is -1.49. The lowest BCUT2D eigenvalue weighted by Gasteiger charge is -2.34. The third kappa shape index (κ3) is 3.15. The second-order valence-electron chi connectivity index (χ2n) is 6.41. The summed E-state index contributed by atoms with van der Waals surface area (Å²) in [6.45, 7) is 2.10. The molecule has 1 atom stereocenters. The molecule has 146 valence electrons. The molecule has 0 radical (unpaired) electrons. The number of hydrazine groups is 2. The van der Waals surface area contributed by atoms with Crippen molar-refractivity contribution in [3.63, 3.8) is 0 Å². The van der Waals surface area contributed by atoms with Gasteiger partial charge in [0.25, 0.3) is 5.91 Å². The quantitative estimate of drug-likeness (QED) is 0.719. The predicted molar refractivity (Wildman–Crippen MR) is 99.3 cm³/mol. The number of anilines is 1. The van der Waals surface area contributed by atoms with Crippen molar-refractivity contribution in [3.8, 4) is 0 Å². The van der Waals surface area contributed by atoms with E-state index in [-0.39, 0.29) is 34.1 Å². The standard InChI is InChI=1S/C17H14Cl2F2N6O/c1-8-4-13-12(24-25-27(13)17-22-5-9(20)6-23-17)7-26(8)16(28)10-2-3-11(18)15(21)14(10)19/h2-3,5-6,8,24-25H,4,7H2,1H3/t8-/m0/s1. The normalized spacial score (nSPS) is 19.0. The highest BCUT2D eigenvalue weighted by Gasteiger charge is 2.36. The largest absolute Gasteiger partial charge is 0.330 e. The van der Waals surface area contributed by atoms with Gasteiger partial charge in [-0.05, 0) is 19.1 Å². The Hall–Kier alpha value is -2.49. The summed E-state index contributed by atoms with van der Waals surface area (Å²) in [6.07, 6.45) is 2.61. The number of aromatic nitrogens is 2. The van der Waals surface area contributed by atoms with E-state index >= 15 is 0 Å². The van der Waals surface area contributed by atoms with E-state index in [0.29, 0.717) is 6.42 Å². The van der Waals surface area contributed by atoms with E-state index < -0.39 is 17.5 Å². The van der Waals surface area contributed by atoms with Crippen LogP contribution in [0.3, 0.4) is 0 Å². The first kappa shape index (κ1) is 18.9. The maximum atomic E-state index is 14.0. The fourth-order valence-electron chi connectivity index (χ4n) is 3.17. The van der Waals surface area contributed by atoms with Gasteiger partial charge in [-0.25, -0.2) is 23.8 Å². The van der Waals surface area contributed by atoms with Crippen LogP contribution >= 0.6 is 23.2 Å². The Labute approximate surface area is 168 Å². The molecule has 2 aromatic rings. The van der Waals surface area contributed by atoms with Crippen LogP contribution in [0.15, 0.2) is 35.9 Å². The van der Waals surface area contributed by atoms with Gasteiger partial charge in [-0.1, -0.05) is 23.2 Å². The van der Waals surface area contributed by atoms with Crippen LogP contribution in [0.1, 0.15) is 23.7 Å². The number of nitrogens with one attached hydrogen (secondary N) is 2. The molecule has 3 heterocycles. The Kier molecular flexibility index (Phi) is 4.82. The van der Waals surface area contributed by atoms with Gasteiger partial charge in [-0.2, -0.15) is 0 Å². The number of carbonyl (C=O) groups excluding carboxylic acids is 1. The molecular formula is C17H14Cl2F2N6O. The molecule has 0 aliphatic carbocycles. The van der Waals surface area contributed by atoms with Crippen molar-refractivity contribution in [1.29, 1.82) is 0 Å². The number of hydrogen-bond acceptors (Lipinski definition) is 6. The number of benzene rings is 1. The van der Waals surface area contributed by atoms with Crippen LogP contribution < -0.4 is 16.0 Å². The number of nitrogens with zero attached hydrogens (tertiary/aromatic N) is 4. The van der Waals surface area contributed by atoms with Crippen LogP contribution in [0.4, 0.5) is 14.7 Å². The third-order valence-electron chi connectivity index (χ3n) is 4.62. The van der Waals surface area contributed by atoms with Crippen molar-refractivity contribution < 1.29 is 13.6 Å². The Bertz CT molecular complexity index is 984. The van der Waals surface area contributed by atoms with Gasteiger partial charge in [0.05, 0.1) is 45.9 Å². The zero-order valence-electron chi connectivity index (χ0n) is 14.5. The summed E-state index contributed by atoms with van der Waals surface area (Å²) in [7, 11) is 0. The Morgan fingerprint density at radius 2 is 1.96 bits per heavy atom. The lowest BCUT2D eigenvalue weighted by molar-refractivity contribution is 0.0695. The first-order chi connectivity index (χ1) is 13.4. The molecule has 4 rings (SSSR count). The van der Waals surface area contributed by atoms with Crippen molar-refractivity contribution in [3.05, 3.63) is 63.2 Å². The minimum absolute atomic E-state index is 0.0455. The average molecular weight is 427 g/mol. The van der Waals surface area contributed by atoms with Crippen molar-refractivity contribution >= 4 is 35.1 Å². The van der Waals surface area contributed by atoms with Gasteiger partial charge >= 0.3 is 0 Å². The number of carbonyl (C=O) groups is 1. The van der Waals surface area contributed by atoms with E-state index in [1.807, 2.05) is 6.92 Å². The molecule has 2 aliphatic rings. The van der Waals surface area contributed by atoms with Crippen molar-refractivity contribution in [2.24, 2.45) is 0 Å². The van der Waals surface area contributed by atoms with Gasteiger partial charge in [-0.15, -0.1) is 5.53 Å². The molecule has 0 saturated heterocycles. The van der Waals surface area contributed by atoms with Gasteiger partial charge in [0.2, 0.25) is 5.95 Å². The molecule has 0 spiro atoms. The molecule has 1 aromatic heterocycles. The van der Waals surface area contributed by atoms with Crippen molar-refractivity contribution in [2.45, 2.75) is 19.4 Å². The van der Waals surface area contributed by atoms with Crippen LogP contribution in [-0.2, 0) is 0 Å². The number of hydrogen-bond donors (Lipinski definition) is 2. The van der Waals surface area contributed by atoms with E-state index in [4.69, 9.17) is 23.2 Å². The van der Waals surface area contributed by atoms with E-state index in [0.717, 1.165) is 23.8 Å². The fraction of sp³-hybridized carbons (Fsp3) is 0.235. The van der Waals surface area contributed by atoms with Crippen LogP contribution in [-0.4, -0.2) is 33.4 Å². The lowest BCUT2D eigenvalue weighted by Crippen LogP contribution is -2.44. The number of rotatable bonds is 2. The molecule has 2 N–H and O–H groups in total. The molecule has 0 bridgehead atoms. The number of amides is 1. The third-order valence-corrected chi connectivity index (χ3v) is 5.28. The fourth-order valence-corrected chi connectivity index (χ4v) is 3.62. The minimum Gasteiger partial charge on any atom is -0.330 e. The van der Waals surface area contributed by atoms with E-state index in [1.165, 1.54) is 12.1 Å². The first-order valence-electron chi connectivity index (χ1n) is 8.32. The van der Waals surface area contributed by atoms with E-state index in [9.17, 15) is 13.6 Å². The Morgan fingerprint density at radius 3 is 2.68 bits per heavy atom. The second-order valence-corrected chi connectivity index (χ2v) is 7.19. The van der Waals surface area contributed by atoms with Gasteiger partial charge in [0.15, 0.2) is 11.6 Å². The smallest absolute Gasteiger partial charge is 0.256 e. The van der Waals surface area contributed by atoms with Gasteiger partial charge in [-0.3, -0.25) is 4.79 Å². The summed E-state index contributed by atoms with van der Waals surface area (Å²) in [6, 6.07) is 2.50. The molecule has 1 aromatic carbocycles.